The molecule has 0 atom stereocenters. The van der Waals surface area contributed by atoms with Gasteiger partial charge >= 0.3 is 0 Å². The molecule has 2 aromatic rings. The van der Waals surface area contributed by atoms with Crippen LogP contribution in [0.5, 0.6) is 5.75 Å². The third-order valence-electron chi connectivity index (χ3n) is 3.42. The zero-order valence-electron chi connectivity index (χ0n) is 13.6. The molecular weight excluding hydrogens is 314 g/mol. The lowest BCUT2D eigenvalue weighted by atomic mass is 10.1. The predicted octanol–water partition coefficient (Wildman–Crippen LogP) is 3.42. The molecule has 0 unspecified atom stereocenters. The molecule has 124 valence electrons. The number of anilines is 2. The first-order chi connectivity index (χ1) is 10.5. The summed E-state index contributed by atoms with van der Waals surface area (Å²) >= 11 is 0. The number of nitrogen functional groups attached to an aromatic ring is 1. The van der Waals surface area contributed by atoms with Gasteiger partial charge in [-0.25, -0.2) is 4.98 Å². The van der Waals surface area contributed by atoms with Crippen LogP contribution >= 0.6 is 12.4 Å². The number of aromatic nitrogens is 1. The molecule has 1 heterocycles. The third kappa shape index (κ3) is 5.45. The Balaban J connectivity index is 0.00000264. The van der Waals surface area contributed by atoms with Gasteiger partial charge in [0.1, 0.15) is 11.6 Å². The van der Waals surface area contributed by atoms with Crippen LogP contribution in [0.15, 0.2) is 30.5 Å². The molecule has 0 fully saturated rings. The van der Waals surface area contributed by atoms with Crippen LogP contribution in [0.2, 0.25) is 0 Å². The van der Waals surface area contributed by atoms with Gasteiger partial charge in [-0.05, 0) is 55.7 Å². The number of hydrogen-bond donors (Lipinski definition) is 2. The van der Waals surface area contributed by atoms with Crippen molar-refractivity contribution in [2.75, 3.05) is 17.7 Å². The minimum absolute atomic E-state index is 0. The van der Waals surface area contributed by atoms with E-state index in [4.69, 9.17) is 10.5 Å². The molecule has 0 bridgehead atoms. The van der Waals surface area contributed by atoms with Crippen molar-refractivity contribution >= 4 is 29.8 Å². The molecule has 2 rings (SSSR count). The highest BCUT2D eigenvalue weighted by atomic mass is 35.5. The second-order valence-electron chi connectivity index (χ2n) is 5.32. The van der Waals surface area contributed by atoms with E-state index in [9.17, 15) is 4.79 Å². The lowest BCUT2D eigenvalue weighted by Crippen LogP contribution is -2.15. The van der Waals surface area contributed by atoms with Crippen molar-refractivity contribution in [2.45, 2.75) is 27.2 Å². The number of hydrogen-bond acceptors (Lipinski definition) is 4. The first-order valence-electron chi connectivity index (χ1n) is 7.18. The van der Waals surface area contributed by atoms with Gasteiger partial charge in [0.15, 0.2) is 0 Å². The molecule has 1 aromatic heterocycles. The lowest BCUT2D eigenvalue weighted by Gasteiger charge is -2.12. The number of benzene rings is 1. The zero-order valence-corrected chi connectivity index (χ0v) is 14.4. The van der Waals surface area contributed by atoms with Crippen molar-refractivity contribution in [1.82, 2.24) is 4.98 Å². The average molecular weight is 336 g/mol. The van der Waals surface area contributed by atoms with Gasteiger partial charge in [0.25, 0.3) is 0 Å². The molecule has 0 aliphatic rings. The molecule has 0 aliphatic carbocycles. The first-order valence-corrected chi connectivity index (χ1v) is 7.18. The number of carbonyl (C=O) groups is 1. The number of nitrogens with zero attached hydrogens (tertiary/aromatic N) is 1. The van der Waals surface area contributed by atoms with E-state index >= 15 is 0 Å². The predicted molar refractivity (Wildman–Crippen MR) is 95.3 cm³/mol. The average Bonchev–Trinajstić information content (AvgIpc) is 2.46. The van der Waals surface area contributed by atoms with Crippen LogP contribution in [-0.4, -0.2) is 17.5 Å². The van der Waals surface area contributed by atoms with Crippen LogP contribution in [0.1, 0.15) is 23.1 Å². The number of halogens is 1. The standard InChI is InChI=1S/C17H21N3O2.ClH/c1-11-8-12(2)13(3)15(9-11)22-7-6-17(21)20-14-4-5-16(18)19-10-14;/h4-5,8-10H,6-7H2,1-3H3,(H2,18,19)(H,20,21);1H. The topological polar surface area (TPSA) is 77.2 Å². The number of nitrogens with two attached hydrogens (primary N) is 1. The Morgan fingerprint density at radius 2 is 2.00 bits per heavy atom. The van der Waals surface area contributed by atoms with Gasteiger partial charge in [-0.3, -0.25) is 4.79 Å². The summed E-state index contributed by atoms with van der Waals surface area (Å²) in [6.07, 6.45) is 1.80. The maximum absolute atomic E-state index is 11.9. The van der Waals surface area contributed by atoms with Crippen LogP contribution in [0.25, 0.3) is 0 Å². The Labute approximate surface area is 142 Å². The fraction of sp³-hybridized carbons (Fsp3) is 0.294. The van der Waals surface area contributed by atoms with E-state index in [2.05, 4.69) is 23.3 Å². The Hall–Kier alpha value is -2.27. The quantitative estimate of drug-likeness (QED) is 0.877. The van der Waals surface area contributed by atoms with Gasteiger partial charge in [0.05, 0.1) is 24.9 Å². The van der Waals surface area contributed by atoms with E-state index in [0.717, 1.165) is 16.9 Å². The summed E-state index contributed by atoms with van der Waals surface area (Å²) in [6.45, 7) is 6.43. The summed E-state index contributed by atoms with van der Waals surface area (Å²) in [5.41, 5.74) is 9.56. The van der Waals surface area contributed by atoms with Crippen molar-refractivity contribution in [2.24, 2.45) is 0 Å². The molecule has 6 heteroatoms. The number of aryl methyl sites for hydroxylation is 2. The molecule has 0 saturated carbocycles. The van der Waals surface area contributed by atoms with E-state index in [0.29, 0.717) is 18.1 Å². The maximum Gasteiger partial charge on any atom is 0.227 e. The fourth-order valence-corrected chi connectivity index (χ4v) is 2.11. The van der Waals surface area contributed by atoms with Gasteiger partial charge < -0.3 is 15.8 Å². The third-order valence-corrected chi connectivity index (χ3v) is 3.42. The number of pyridine rings is 1. The van der Waals surface area contributed by atoms with Gasteiger partial charge in [0.2, 0.25) is 5.91 Å². The van der Waals surface area contributed by atoms with Gasteiger partial charge in [-0.2, -0.15) is 0 Å². The van der Waals surface area contributed by atoms with Crippen LogP contribution in [0.4, 0.5) is 11.5 Å². The van der Waals surface area contributed by atoms with Gasteiger partial charge in [-0.15, -0.1) is 12.4 Å². The Morgan fingerprint density at radius 1 is 1.26 bits per heavy atom. The van der Waals surface area contributed by atoms with Gasteiger partial charge in [-0.1, -0.05) is 6.07 Å². The summed E-state index contributed by atoms with van der Waals surface area (Å²) < 4.78 is 5.73. The molecule has 1 amide bonds. The first kappa shape index (κ1) is 18.8. The van der Waals surface area contributed by atoms with Crippen LogP contribution < -0.4 is 15.8 Å². The largest absolute Gasteiger partial charge is 0.493 e. The van der Waals surface area contributed by atoms with E-state index in [1.807, 2.05) is 19.9 Å². The number of amides is 1. The minimum Gasteiger partial charge on any atom is -0.493 e. The SMILES string of the molecule is Cc1cc(C)c(C)c(OCCC(=O)Nc2ccc(N)nc2)c1.Cl. The van der Waals surface area contributed by atoms with E-state index in [1.54, 1.807) is 12.1 Å². The van der Waals surface area contributed by atoms with E-state index in [1.165, 1.54) is 11.8 Å². The molecular formula is C17H22ClN3O2. The highest BCUT2D eigenvalue weighted by molar-refractivity contribution is 5.90. The number of ether oxygens (including phenoxy) is 1. The molecule has 5 nitrogen and oxygen atoms in total. The maximum atomic E-state index is 11.9. The summed E-state index contributed by atoms with van der Waals surface area (Å²) in [4.78, 5) is 15.8. The van der Waals surface area contributed by atoms with E-state index < -0.39 is 0 Å². The second-order valence-corrected chi connectivity index (χ2v) is 5.32. The van der Waals surface area contributed by atoms with Crippen LogP contribution in [0.3, 0.4) is 0 Å². The summed E-state index contributed by atoms with van der Waals surface area (Å²) in [6, 6.07) is 7.47. The summed E-state index contributed by atoms with van der Waals surface area (Å²) in [5, 5.41) is 2.76. The number of nitrogens with one attached hydrogen (secondary N) is 1. The van der Waals surface area contributed by atoms with Crippen molar-refractivity contribution in [3.8, 4) is 5.75 Å². The highest BCUT2D eigenvalue weighted by Crippen LogP contribution is 2.23. The normalized spacial score (nSPS) is 9.87. The molecule has 0 spiro atoms. The Morgan fingerprint density at radius 3 is 2.65 bits per heavy atom. The lowest BCUT2D eigenvalue weighted by molar-refractivity contribution is -0.116. The van der Waals surface area contributed by atoms with Crippen molar-refractivity contribution in [1.29, 1.82) is 0 Å². The Bertz CT molecular complexity index is 672. The molecule has 0 saturated heterocycles. The molecule has 3 N–H and O–H groups in total. The number of rotatable bonds is 5. The molecule has 1 aromatic carbocycles. The molecule has 0 aliphatic heterocycles. The highest BCUT2D eigenvalue weighted by Gasteiger charge is 2.07. The van der Waals surface area contributed by atoms with Crippen molar-refractivity contribution in [3.05, 3.63) is 47.2 Å². The monoisotopic (exact) mass is 335 g/mol. The summed E-state index contributed by atoms with van der Waals surface area (Å²) in [7, 11) is 0. The van der Waals surface area contributed by atoms with Crippen LogP contribution in [-0.2, 0) is 4.79 Å². The molecule has 0 radical (unpaired) electrons. The second kappa shape index (κ2) is 8.39. The van der Waals surface area contributed by atoms with Gasteiger partial charge in [0, 0.05) is 0 Å². The van der Waals surface area contributed by atoms with Crippen molar-refractivity contribution in [3.63, 3.8) is 0 Å². The van der Waals surface area contributed by atoms with Crippen molar-refractivity contribution < 1.29 is 9.53 Å². The minimum atomic E-state index is -0.117. The fourth-order valence-electron chi connectivity index (χ4n) is 2.11. The Kier molecular flexibility index (Phi) is 6.85. The molecule has 23 heavy (non-hydrogen) atoms. The van der Waals surface area contributed by atoms with E-state index in [-0.39, 0.29) is 24.7 Å². The summed E-state index contributed by atoms with van der Waals surface area (Å²) in [5.74, 6) is 1.14. The smallest absolute Gasteiger partial charge is 0.227 e. The zero-order chi connectivity index (χ0) is 16.1. The number of carbonyl (C=O) groups excluding carboxylic acids is 1. The van der Waals surface area contributed by atoms with Crippen LogP contribution in [0, 0.1) is 20.8 Å².